The number of halogens is 2. The maximum atomic E-state index is 5.90. The summed E-state index contributed by atoms with van der Waals surface area (Å²) in [6.07, 6.45) is 1.64. The Morgan fingerprint density at radius 2 is 2.17 bits per heavy atom. The molecule has 94 valence electrons. The maximum Gasteiger partial charge on any atom is 0.238 e. The lowest BCUT2D eigenvalue weighted by Gasteiger charge is -2.10. The summed E-state index contributed by atoms with van der Waals surface area (Å²) < 4.78 is 6.43. The highest BCUT2D eigenvalue weighted by molar-refractivity contribution is 9.10. The quantitative estimate of drug-likeness (QED) is 0.924. The van der Waals surface area contributed by atoms with E-state index in [0.717, 1.165) is 5.56 Å². The summed E-state index contributed by atoms with van der Waals surface area (Å²) in [5.41, 5.74) is 0.944. The molecule has 0 saturated carbocycles. The van der Waals surface area contributed by atoms with Crippen molar-refractivity contribution in [2.75, 3.05) is 12.4 Å². The second kappa shape index (κ2) is 5.54. The van der Waals surface area contributed by atoms with Gasteiger partial charge in [0.2, 0.25) is 11.8 Å². The molecule has 0 unspecified atom stereocenters. The number of hydrogen-bond donors (Lipinski definition) is 1. The normalized spacial score (nSPS) is 10.2. The zero-order valence-electron chi connectivity index (χ0n) is 9.87. The fourth-order valence-corrected chi connectivity index (χ4v) is 1.87. The molecule has 1 aromatic heterocycles. The molecule has 4 nitrogen and oxygen atoms in total. The minimum Gasteiger partial charge on any atom is -0.437 e. The lowest BCUT2D eigenvalue weighted by molar-refractivity contribution is 0.455. The Hall–Kier alpha value is -1.33. The van der Waals surface area contributed by atoms with Crippen LogP contribution >= 0.6 is 27.5 Å². The van der Waals surface area contributed by atoms with Crippen LogP contribution in [0.1, 0.15) is 5.56 Å². The summed E-state index contributed by atoms with van der Waals surface area (Å²) in [4.78, 5) is 8.29. The van der Waals surface area contributed by atoms with Crippen LogP contribution in [0.4, 0.5) is 5.95 Å². The van der Waals surface area contributed by atoms with Gasteiger partial charge < -0.3 is 10.1 Å². The van der Waals surface area contributed by atoms with Gasteiger partial charge in [-0.1, -0.05) is 11.6 Å². The Labute approximate surface area is 118 Å². The SMILES string of the molecule is CNc1ncc(Br)c(Oc2ccc(Cl)cc2C)n1. The second-order valence-corrected chi connectivity index (χ2v) is 4.90. The van der Waals surface area contributed by atoms with Gasteiger partial charge in [0.1, 0.15) is 5.75 Å². The van der Waals surface area contributed by atoms with Crippen LogP contribution in [0.15, 0.2) is 28.9 Å². The first-order valence-electron chi connectivity index (χ1n) is 5.24. The molecule has 0 aliphatic rings. The van der Waals surface area contributed by atoms with Gasteiger partial charge in [-0.15, -0.1) is 0 Å². The third-order valence-corrected chi connectivity index (χ3v) is 3.06. The van der Waals surface area contributed by atoms with Crippen molar-refractivity contribution in [3.8, 4) is 11.6 Å². The number of anilines is 1. The van der Waals surface area contributed by atoms with Gasteiger partial charge >= 0.3 is 0 Å². The van der Waals surface area contributed by atoms with E-state index in [0.29, 0.717) is 27.1 Å². The number of benzene rings is 1. The Morgan fingerprint density at radius 3 is 2.83 bits per heavy atom. The predicted molar refractivity (Wildman–Crippen MR) is 75.5 cm³/mol. The van der Waals surface area contributed by atoms with Crippen LogP contribution in [0.25, 0.3) is 0 Å². The third kappa shape index (κ3) is 2.91. The Balaban J connectivity index is 2.33. The summed E-state index contributed by atoms with van der Waals surface area (Å²) in [5.74, 6) is 1.67. The van der Waals surface area contributed by atoms with Crippen molar-refractivity contribution in [2.24, 2.45) is 0 Å². The number of rotatable bonds is 3. The summed E-state index contributed by atoms with van der Waals surface area (Å²) in [7, 11) is 1.75. The van der Waals surface area contributed by atoms with Gasteiger partial charge in [0.25, 0.3) is 0 Å². The van der Waals surface area contributed by atoms with E-state index in [1.807, 2.05) is 19.1 Å². The molecule has 6 heteroatoms. The van der Waals surface area contributed by atoms with Crippen molar-refractivity contribution >= 4 is 33.5 Å². The van der Waals surface area contributed by atoms with E-state index in [1.165, 1.54) is 0 Å². The standard InChI is InChI=1S/C12H11BrClN3O/c1-7-5-8(14)3-4-10(7)18-11-9(13)6-16-12(15-2)17-11/h3-6H,1-2H3,(H,15,16,17). The minimum absolute atomic E-state index is 0.458. The summed E-state index contributed by atoms with van der Waals surface area (Å²) in [6, 6.07) is 5.42. The molecule has 0 amide bonds. The van der Waals surface area contributed by atoms with Crippen LogP contribution in [-0.4, -0.2) is 17.0 Å². The molecule has 1 N–H and O–H groups in total. The molecule has 0 spiro atoms. The average molecular weight is 329 g/mol. The predicted octanol–water partition coefficient (Wildman–Crippen LogP) is 4.03. The van der Waals surface area contributed by atoms with Crippen molar-refractivity contribution in [1.29, 1.82) is 0 Å². The van der Waals surface area contributed by atoms with Gasteiger partial charge in [-0.25, -0.2) is 4.98 Å². The smallest absolute Gasteiger partial charge is 0.238 e. The Kier molecular flexibility index (Phi) is 4.04. The van der Waals surface area contributed by atoms with Crippen LogP contribution < -0.4 is 10.1 Å². The minimum atomic E-state index is 0.458. The van der Waals surface area contributed by atoms with E-state index in [9.17, 15) is 0 Å². The van der Waals surface area contributed by atoms with Crippen molar-refractivity contribution in [3.05, 3.63) is 39.5 Å². The van der Waals surface area contributed by atoms with Gasteiger partial charge in [-0.2, -0.15) is 4.98 Å². The fourth-order valence-electron chi connectivity index (χ4n) is 1.37. The first-order chi connectivity index (χ1) is 8.60. The number of ether oxygens (including phenoxy) is 1. The molecule has 1 aromatic carbocycles. The third-order valence-electron chi connectivity index (χ3n) is 2.28. The molecule has 2 rings (SSSR count). The Bertz CT molecular complexity index is 577. The topological polar surface area (TPSA) is 47.0 Å². The van der Waals surface area contributed by atoms with Gasteiger partial charge in [0.15, 0.2) is 0 Å². The number of aromatic nitrogens is 2. The molecule has 0 atom stereocenters. The Morgan fingerprint density at radius 1 is 1.39 bits per heavy atom. The molecule has 2 aromatic rings. The van der Waals surface area contributed by atoms with E-state index in [4.69, 9.17) is 16.3 Å². The first kappa shape index (κ1) is 13.1. The van der Waals surface area contributed by atoms with E-state index in [2.05, 4.69) is 31.2 Å². The van der Waals surface area contributed by atoms with Crippen LogP contribution in [-0.2, 0) is 0 Å². The largest absolute Gasteiger partial charge is 0.437 e. The zero-order valence-corrected chi connectivity index (χ0v) is 12.2. The highest BCUT2D eigenvalue weighted by Gasteiger charge is 2.09. The summed E-state index contributed by atoms with van der Waals surface area (Å²) in [5, 5.41) is 3.54. The van der Waals surface area contributed by atoms with Gasteiger partial charge in [-0.05, 0) is 46.6 Å². The van der Waals surface area contributed by atoms with E-state index in [1.54, 1.807) is 19.3 Å². The molecule has 1 heterocycles. The van der Waals surface area contributed by atoms with Crippen molar-refractivity contribution < 1.29 is 4.74 Å². The van der Waals surface area contributed by atoms with Crippen LogP contribution in [0.2, 0.25) is 5.02 Å². The molecule has 0 bridgehead atoms. The molecule has 0 saturated heterocycles. The monoisotopic (exact) mass is 327 g/mol. The van der Waals surface area contributed by atoms with Gasteiger partial charge in [0, 0.05) is 12.1 Å². The second-order valence-electron chi connectivity index (χ2n) is 3.61. The molecule has 0 radical (unpaired) electrons. The van der Waals surface area contributed by atoms with Crippen LogP contribution in [0.3, 0.4) is 0 Å². The van der Waals surface area contributed by atoms with Crippen molar-refractivity contribution in [3.63, 3.8) is 0 Å². The van der Waals surface area contributed by atoms with Crippen molar-refractivity contribution in [2.45, 2.75) is 6.92 Å². The molecular formula is C12H11BrClN3O. The maximum absolute atomic E-state index is 5.90. The van der Waals surface area contributed by atoms with Crippen LogP contribution in [0.5, 0.6) is 11.6 Å². The van der Waals surface area contributed by atoms with Gasteiger partial charge in [0.05, 0.1) is 10.7 Å². The highest BCUT2D eigenvalue weighted by Crippen LogP contribution is 2.30. The average Bonchev–Trinajstić information content (AvgIpc) is 2.35. The highest BCUT2D eigenvalue weighted by atomic mass is 79.9. The molecular weight excluding hydrogens is 318 g/mol. The van der Waals surface area contributed by atoms with E-state index in [-0.39, 0.29) is 0 Å². The number of aryl methyl sites for hydroxylation is 1. The summed E-state index contributed by atoms with van der Waals surface area (Å²) in [6.45, 7) is 1.93. The van der Waals surface area contributed by atoms with E-state index >= 15 is 0 Å². The number of hydrogen-bond acceptors (Lipinski definition) is 4. The number of nitrogens with zero attached hydrogens (tertiary/aromatic N) is 2. The molecule has 0 aliphatic carbocycles. The van der Waals surface area contributed by atoms with Gasteiger partial charge in [-0.3, -0.25) is 0 Å². The zero-order chi connectivity index (χ0) is 13.1. The van der Waals surface area contributed by atoms with Crippen LogP contribution in [0, 0.1) is 6.92 Å². The molecule has 0 aliphatic heterocycles. The fraction of sp³-hybridized carbons (Fsp3) is 0.167. The molecule has 0 fully saturated rings. The molecule has 18 heavy (non-hydrogen) atoms. The first-order valence-corrected chi connectivity index (χ1v) is 6.41. The van der Waals surface area contributed by atoms with Crippen molar-refractivity contribution in [1.82, 2.24) is 9.97 Å². The lowest BCUT2D eigenvalue weighted by atomic mass is 10.2. The lowest BCUT2D eigenvalue weighted by Crippen LogP contribution is -1.99. The van der Waals surface area contributed by atoms with E-state index < -0.39 is 0 Å². The summed E-state index contributed by atoms with van der Waals surface area (Å²) >= 11 is 9.25. The number of nitrogens with one attached hydrogen (secondary N) is 1.